The molecule has 2 heterocycles. The van der Waals surface area contributed by atoms with Gasteiger partial charge in [0, 0.05) is 18.6 Å². The number of nitrogens with zero attached hydrogens (tertiary/aromatic N) is 2. The van der Waals surface area contributed by atoms with Crippen LogP contribution in [0, 0.1) is 11.8 Å². The summed E-state index contributed by atoms with van der Waals surface area (Å²) < 4.78 is 0. The smallest absolute Gasteiger partial charge is 0.271 e. The summed E-state index contributed by atoms with van der Waals surface area (Å²) in [5, 5.41) is 2.90. The number of carbonyl (C=O) groups excluding carboxylic acids is 1. The molecule has 106 valence electrons. The van der Waals surface area contributed by atoms with Crippen LogP contribution in [0.15, 0.2) is 42.9 Å². The van der Waals surface area contributed by atoms with Gasteiger partial charge in [-0.05, 0) is 36.8 Å². The van der Waals surface area contributed by atoms with Gasteiger partial charge in [-0.15, -0.1) is 0 Å². The molecule has 0 aliphatic carbocycles. The number of pyridine rings is 2. The Bertz CT molecular complexity index is 673. The molecule has 2 aromatic heterocycles. The molecule has 0 spiro atoms. The molecule has 2 aromatic rings. The lowest BCUT2D eigenvalue weighted by atomic mass is 10.1. The molecule has 21 heavy (non-hydrogen) atoms. The highest BCUT2D eigenvalue weighted by molar-refractivity contribution is 5.95. The minimum absolute atomic E-state index is 0.141. The van der Waals surface area contributed by atoms with E-state index in [0.717, 1.165) is 5.56 Å². The third kappa shape index (κ3) is 3.88. The highest BCUT2D eigenvalue weighted by Gasteiger charge is 2.15. The molecule has 0 aromatic carbocycles. The topological polar surface area (TPSA) is 80.9 Å². The first-order valence-corrected chi connectivity index (χ1v) is 6.57. The summed E-state index contributed by atoms with van der Waals surface area (Å²) in [7, 11) is 0. The van der Waals surface area contributed by atoms with E-state index in [4.69, 9.17) is 5.73 Å². The summed E-state index contributed by atoms with van der Waals surface area (Å²) in [6.07, 6.45) is 4.95. The molecule has 5 nitrogen and oxygen atoms in total. The number of hydrogen-bond donors (Lipinski definition) is 2. The Labute approximate surface area is 123 Å². The van der Waals surface area contributed by atoms with Gasteiger partial charge in [0.1, 0.15) is 5.69 Å². The lowest BCUT2D eigenvalue weighted by molar-refractivity contribution is 0.0934. The third-order valence-corrected chi connectivity index (χ3v) is 2.90. The van der Waals surface area contributed by atoms with Crippen molar-refractivity contribution in [3.8, 4) is 11.8 Å². The summed E-state index contributed by atoms with van der Waals surface area (Å²) in [6, 6.07) is 7.07. The van der Waals surface area contributed by atoms with Crippen LogP contribution in [-0.2, 0) is 0 Å². The number of nitrogens with one attached hydrogen (secondary N) is 1. The van der Waals surface area contributed by atoms with Crippen LogP contribution in [0.2, 0.25) is 0 Å². The summed E-state index contributed by atoms with van der Waals surface area (Å²) in [4.78, 5) is 20.4. The number of rotatable bonds is 3. The Morgan fingerprint density at radius 3 is 2.81 bits per heavy atom. The largest absolute Gasteiger partial charge is 0.344 e. The van der Waals surface area contributed by atoms with Crippen LogP contribution in [0.5, 0.6) is 0 Å². The molecule has 0 fully saturated rings. The Balaban J connectivity index is 2.17. The second kappa shape index (κ2) is 7.17. The predicted octanol–water partition coefficient (Wildman–Crippen LogP) is 1.28. The molecule has 0 aliphatic heterocycles. The van der Waals surface area contributed by atoms with E-state index in [-0.39, 0.29) is 18.5 Å². The van der Waals surface area contributed by atoms with E-state index in [1.165, 1.54) is 0 Å². The molecule has 0 aliphatic rings. The van der Waals surface area contributed by atoms with Gasteiger partial charge in [-0.1, -0.05) is 11.8 Å². The fourth-order valence-corrected chi connectivity index (χ4v) is 1.83. The van der Waals surface area contributed by atoms with E-state index in [2.05, 4.69) is 27.1 Å². The van der Waals surface area contributed by atoms with Crippen molar-refractivity contribution in [2.75, 3.05) is 6.54 Å². The average Bonchev–Trinajstić information content (AvgIpc) is 2.54. The molecule has 3 N–H and O–H groups in total. The van der Waals surface area contributed by atoms with Gasteiger partial charge in [-0.3, -0.25) is 9.78 Å². The maximum absolute atomic E-state index is 12.3. The number of amides is 1. The highest BCUT2D eigenvalue weighted by Crippen LogP contribution is 2.12. The SMILES string of the molecule is CC(NC(=O)c1ncccc1C#CCN)c1ccncc1. The zero-order valence-corrected chi connectivity index (χ0v) is 11.7. The molecule has 1 amide bonds. The molecule has 1 unspecified atom stereocenters. The van der Waals surface area contributed by atoms with Crippen LogP contribution in [0.25, 0.3) is 0 Å². The molecule has 1 atom stereocenters. The molecule has 5 heteroatoms. The van der Waals surface area contributed by atoms with Gasteiger partial charge in [0.15, 0.2) is 0 Å². The summed E-state index contributed by atoms with van der Waals surface area (Å²) in [6.45, 7) is 2.14. The highest BCUT2D eigenvalue weighted by atomic mass is 16.1. The fraction of sp³-hybridized carbons (Fsp3) is 0.188. The Morgan fingerprint density at radius 1 is 1.33 bits per heavy atom. The van der Waals surface area contributed by atoms with E-state index < -0.39 is 0 Å². The van der Waals surface area contributed by atoms with Gasteiger partial charge >= 0.3 is 0 Å². The molecule has 0 saturated carbocycles. The van der Waals surface area contributed by atoms with Crippen molar-refractivity contribution in [1.82, 2.24) is 15.3 Å². The van der Waals surface area contributed by atoms with Crippen molar-refractivity contribution in [2.45, 2.75) is 13.0 Å². The first-order chi connectivity index (χ1) is 10.2. The second-order valence-electron chi connectivity index (χ2n) is 4.38. The van der Waals surface area contributed by atoms with Gasteiger partial charge in [0.05, 0.1) is 18.2 Å². The lowest BCUT2D eigenvalue weighted by Crippen LogP contribution is -2.28. The molecular weight excluding hydrogens is 264 g/mol. The number of nitrogens with two attached hydrogens (primary N) is 1. The van der Waals surface area contributed by atoms with E-state index in [1.807, 2.05) is 19.1 Å². The van der Waals surface area contributed by atoms with Gasteiger partial charge in [-0.2, -0.15) is 0 Å². The molecule has 0 radical (unpaired) electrons. The molecular formula is C16H16N4O. The van der Waals surface area contributed by atoms with Crippen molar-refractivity contribution in [2.24, 2.45) is 5.73 Å². The van der Waals surface area contributed by atoms with Crippen LogP contribution in [0.1, 0.15) is 34.6 Å². The minimum Gasteiger partial charge on any atom is -0.344 e. The second-order valence-corrected chi connectivity index (χ2v) is 4.38. The summed E-state index contributed by atoms with van der Waals surface area (Å²) >= 11 is 0. The summed E-state index contributed by atoms with van der Waals surface area (Å²) in [5.41, 5.74) is 7.21. The van der Waals surface area contributed by atoms with E-state index in [0.29, 0.717) is 11.3 Å². The van der Waals surface area contributed by atoms with Crippen LogP contribution in [-0.4, -0.2) is 22.4 Å². The van der Waals surface area contributed by atoms with E-state index >= 15 is 0 Å². The Morgan fingerprint density at radius 2 is 2.10 bits per heavy atom. The molecule has 2 rings (SSSR count). The van der Waals surface area contributed by atoms with Gasteiger partial charge in [0.2, 0.25) is 0 Å². The van der Waals surface area contributed by atoms with Crippen LogP contribution < -0.4 is 11.1 Å². The first kappa shape index (κ1) is 14.7. The lowest BCUT2D eigenvalue weighted by Gasteiger charge is -2.14. The molecule has 0 saturated heterocycles. The predicted molar refractivity (Wildman–Crippen MR) is 80.3 cm³/mol. The van der Waals surface area contributed by atoms with Crippen molar-refractivity contribution < 1.29 is 4.79 Å². The third-order valence-electron chi connectivity index (χ3n) is 2.90. The minimum atomic E-state index is -0.263. The summed E-state index contributed by atoms with van der Waals surface area (Å²) in [5.74, 6) is 5.33. The van der Waals surface area contributed by atoms with Crippen LogP contribution in [0.4, 0.5) is 0 Å². The van der Waals surface area contributed by atoms with Crippen molar-refractivity contribution in [3.05, 3.63) is 59.7 Å². The van der Waals surface area contributed by atoms with Crippen molar-refractivity contribution >= 4 is 5.91 Å². The van der Waals surface area contributed by atoms with Crippen molar-refractivity contribution in [1.29, 1.82) is 0 Å². The average molecular weight is 280 g/mol. The Kier molecular flexibility index (Phi) is 5.02. The maximum Gasteiger partial charge on any atom is 0.271 e. The van der Waals surface area contributed by atoms with Crippen LogP contribution in [0.3, 0.4) is 0 Å². The Hall–Kier alpha value is -2.71. The van der Waals surface area contributed by atoms with Gasteiger partial charge in [-0.25, -0.2) is 4.98 Å². The van der Waals surface area contributed by atoms with E-state index in [1.54, 1.807) is 30.7 Å². The number of hydrogen-bond acceptors (Lipinski definition) is 4. The van der Waals surface area contributed by atoms with Gasteiger partial charge < -0.3 is 11.1 Å². The fourth-order valence-electron chi connectivity index (χ4n) is 1.83. The van der Waals surface area contributed by atoms with Crippen LogP contribution >= 0.6 is 0 Å². The van der Waals surface area contributed by atoms with E-state index in [9.17, 15) is 4.79 Å². The first-order valence-electron chi connectivity index (χ1n) is 6.57. The zero-order valence-electron chi connectivity index (χ0n) is 11.7. The quantitative estimate of drug-likeness (QED) is 0.830. The zero-order chi connectivity index (χ0) is 15.1. The number of aromatic nitrogens is 2. The standard InChI is InChI=1S/C16H16N4O/c1-12(13-6-10-18-11-7-13)20-16(21)15-14(4-2-8-17)5-3-9-19-15/h3,5-7,9-12H,8,17H2,1H3,(H,20,21). The monoisotopic (exact) mass is 280 g/mol. The number of carbonyl (C=O) groups is 1. The van der Waals surface area contributed by atoms with Gasteiger partial charge in [0.25, 0.3) is 5.91 Å². The van der Waals surface area contributed by atoms with Crippen molar-refractivity contribution in [3.63, 3.8) is 0 Å². The molecule has 0 bridgehead atoms. The maximum atomic E-state index is 12.3. The normalized spacial score (nSPS) is 11.1.